The first-order chi connectivity index (χ1) is 16.1. The Bertz CT molecular complexity index is 1670. The van der Waals surface area contributed by atoms with Crippen LogP contribution < -0.4 is 0 Å². The number of rotatable bonds is 3. The zero-order chi connectivity index (χ0) is 22.5. The lowest BCUT2D eigenvalue weighted by Crippen LogP contribution is -1.94. The van der Waals surface area contributed by atoms with Crippen molar-refractivity contribution in [2.24, 2.45) is 0 Å². The van der Waals surface area contributed by atoms with E-state index in [1.54, 1.807) is 48.9 Å². The van der Waals surface area contributed by atoms with E-state index in [1.165, 1.54) is 12.3 Å². The summed E-state index contributed by atoms with van der Waals surface area (Å²) in [5.74, 6) is -0.595. The highest BCUT2D eigenvalue weighted by atomic mass is 19.1. The summed E-state index contributed by atoms with van der Waals surface area (Å²) in [6.07, 6.45) is 6.34. The van der Waals surface area contributed by atoms with Gasteiger partial charge in [-0.3, -0.25) is 20.1 Å². The molecule has 160 valence electrons. The molecular formula is C24H15F2N7. The molecule has 2 N–H and O–H groups in total. The summed E-state index contributed by atoms with van der Waals surface area (Å²) in [6, 6.07) is 9.89. The van der Waals surface area contributed by atoms with Crippen LogP contribution in [0, 0.1) is 18.6 Å². The molecule has 5 heterocycles. The molecule has 1 aromatic carbocycles. The number of nitrogens with one attached hydrogen (secondary N) is 2. The van der Waals surface area contributed by atoms with Gasteiger partial charge in [0.25, 0.3) is 0 Å². The highest BCUT2D eigenvalue weighted by Crippen LogP contribution is 2.34. The average Bonchev–Trinajstić information content (AvgIpc) is 3.45. The van der Waals surface area contributed by atoms with Crippen molar-refractivity contribution >= 4 is 21.9 Å². The molecule has 0 saturated heterocycles. The number of aromatic amines is 2. The van der Waals surface area contributed by atoms with Crippen LogP contribution in [0.4, 0.5) is 8.78 Å². The number of H-pyrrole nitrogens is 2. The Morgan fingerprint density at radius 3 is 2.55 bits per heavy atom. The van der Waals surface area contributed by atoms with Gasteiger partial charge in [-0.05, 0) is 36.8 Å². The van der Waals surface area contributed by atoms with Crippen LogP contribution in [0.2, 0.25) is 0 Å². The molecule has 33 heavy (non-hydrogen) atoms. The standard InChI is InChI=1S/C24H15F2N7/c1-12-6-8-27-10-14(12)20-19(26)18-17(11-29-20)32-33-23(18)24-30-16-7-9-28-21(22(16)31-24)13-4-2-3-5-15(13)25/h2-11H,1H3,(H,30,31)(H,32,33). The number of pyridine rings is 3. The molecule has 0 aliphatic carbocycles. The first-order valence-electron chi connectivity index (χ1n) is 10.2. The molecule has 0 atom stereocenters. The largest absolute Gasteiger partial charge is 0.336 e. The van der Waals surface area contributed by atoms with Crippen LogP contribution in [0.3, 0.4) is 0 Å². The van der Waals surface area contributed by atoms with Gasteiger partial charge in [0, 0.05) is 29.7 Å². The Morgan fingerprint density at radius 2 is 1.70 bits per heavy atom. The van der Waals surface area contributed by atoms with Crippen molar-refractivity contribution in [1.82, 2.24) is 35.1 Å². The fourth-order valence-corrected chi connectivity index (χ4v) is 3.94. The number of benzene rings is 1. The van der Waals surface area contributed by atoms with Crippen LogP contribution in [-0.4, -0.2) is 35.1 Å². The Kier molecular flexibility index (Phi) is 4.22. The number of aromatic nitrogens is 7. The fourth-order valence-electron chi connectivity index (χ4n) is 3.94. The van der Waals surface area contributed by atoms with Crippen LogP contribution in [0.1, 0.15) is 5.56 Å². The van der Waals surface area contributed by atoms with E-state index in [2.05, 4.69) is 35.1 Å². The van der Waals surface area contributed by atoms with Crippen molar-refractivity contribution in [3.8, 4) is 34.0 Å². The Hall–Kier alpha value is -4.53. The van der Waals surface area contributed by atoms with Gasteiger partial charge in [0.2, 0.25) is 0 Å². The molecule has 6 aromatic rings. The zero-order valence-corrected chi connectivity index (χ0v) is 17.3. The van der Waals surface area contributed by atoms with Crippen molar-refractivity contribution in [3.05, 3.63) is 78.4 Å². The highest BCUT2D eigenvalue weighted by molar-refractivity contribution is 5.97. The normalized spacial score (nSPS) is 11.5. The minimum Gasteiger partial charge on any atom is -0.336 e. The summed E-state index contributed by atoms with van der Waals surface area (Å²) in [5.41, 5.74) is 4.17. The van der Waals surface area contributed by atoms with E-state index < -0.39 is 11.6 Å². The molecule has 0 aliphatic rings. The minimum atomic E-state index is -0.528. The first kappa shape index (κ1) is 19.2. The smallest absolute Gasteiger partial charge is 0.161 e. The molecular weight excluding hydrogens is 424 g/mol. The molecule has 9 heteroatoms. The van der Waals surface area contributed by atoms with Crippen molar-refractivity contribution < 1.29 is 8.78 Å². The van der Waals surface area contributed by atoms with Crippen molar-refractivity contribution in [2.45, 2.75) is 6.92 Å². The second kappa shape index (κ2) is 7.27. The van der Waals surface area contributed by atoms with Gasteiger partial charge in [0.05, 0.1) is 22.6 Å². The average molecular weight is 439 g/mol. The van der Waals surface area contributed by atoms with E-state index >= 15 is 4.39 Å². The molecule has 0 bridgehead atoms. The van der Waals surface area contributed by atoms with Crippen LogP contribution in [0.25, 0.3) is 56.0 Å². The third-order valence-corrected chi connectivity index (χ3v) is 5.59. The highest BCUT2D eigenvalue weighted by Gasteiger charge is 2.22. The number of nitrogens with zero attached hydrogens (tertiary/aromatic N) is 5. The van der Waals surface area contributed by atoms with Gasteiger partial charge in [-0.1, -0.05) is 12.1 Å². The summed E-state index contributed by atoms with van der Waals surface area (Å²) >= 11 is 0. The second-order valence-electron chi connectivity index (χ2n) is 7.59. The van der Waals surface area contributed by atoms with Gasteiger partial charge in [0.15, 0.2) is 11.6 Å². The van der Waals surface area contributed by atoms with Gasteiger partial charge in [0.1, 0.15) is 28.4 Å². The lowest BCUT2D eigenvalue weighted by Gasteiger charge is -2.06. The van der Waals surface area contributed by atoms with E-state index in [4.69, 9.17) is 0 Å². The van der Waals surface area contributed by atoms with E-state index in [9.17, 15) is 4.39 Å². The third kappa shape index (κ3) is 2.97. The monoisotopic (exact) mass is 439 g/mol. The van der Waals surface area contributed by atoms with Gasteiger partial charge in [-0.15, -0.1) is 0 Å². The number of fused-ring (bicyclic) bond motifs is 2. The number of aryl methyl sites for hydroxylation is 1. The molecule has 0 radical (unpaired) electrons. The van der Waals surface area contributed by atoms with Crippen LogP contribution in [-0.2, 0) is 0 Å². The Balaban J connectivity index is 1.57. The van der Waals surface area contributed by atoms with E-state index in [-0.39, 0.29) is 11.1 Å². The lowest BCUT2D eigenvalue weighted by molar-refractivity contribution is 0.631. The van der Waals surface area contributed by atoms with Crippen molar-refractivity contribution in [1.29, 1.82) is 0 Å². The predicted molar refractivity (Wildman–Crippen MR) is 120 cm³/mol. The van der Waals surface area contributed by atoms with Crippen molar-refractivity contribution in [3.63, 3.8) is 0 Å². The van der Waals surface area contributed by atoms with Crippen LogP contribution in [0.15, 0.2) is 61.2 Å². The second-order valence-corrected chi connectivity index (χ2v) is 7.59. The first-order valence-corrected chi connectivity index (χ1v) is 10.2. The lowest BCUT2D eigenvalue weighted by atomic mass is 10.1. The van der Waals surface area contributed by atoms with Gasteiger partial charge >= 0.3 is 0 Å². The third-order valence-electron chi connectivity index (χ3n) is 5.59. The van der Waals surface area contributed by atoms with E-state index in [0.717, 1.165) is 5.56 Å². The summed E-state index contributed by atoms with van der Waals surface area (Å²) in [4.78, 5) is 20.5. The number of hydrogen-bond donors (Lipinski definition) is 2. The summed E-state index contributed by atoms with van der Waals surface area (Å²) < 4.78 is 30.1. The van der Waals surface area contributed by atoms with Gasteiger partial charge < -0.3 is 4.98 Å². The molecule has 5 aromatic heterocycles. The maximum atomic E-state index is 15.7. The van der Waals surface area contributed by atoms with E-state index in [0.29, 0.717) is 44.9 Å². The molecule has 0 unspecified atom stereocenters. The quantitative estimate of drug-likeness (QED) is 0.395. The molecule has 0 aliphatic heterocycles. The van der Waals surface area contributed by atoms with Gasteiger partial charge in [-0.2, -0.15) is 5.10 Å². The summed E-state index contributed by atoms with van der Waals surface area (Å²) in [5, 5.41) is 7.36. The fraction of sp³-hybridized carbons (Fsp3) is 0.0417. The van der Waals surface area contributed by atoms with Crippen molar-refractivity contribution in [2.75, 3.05) is 0 Å². The summed E-state index contributed by atoms with van der Waals surface area (Å²) in [7, 11) is 0. The minimum absolute atomic E-state index is 0.181. The number of halogens is 2. The topological polar surface area (TPSA) is 96.0 Å². The zero-order valence-electron chi connectivity index (χ0n) is 17.3. The predicted octanol–water partition coefficient (Wildman–Crippen LogP) is 5.21. The number of imidazole rings is 1. The maximum absolute atomic E-state index is 15.7. The Morgan fingerprint density at radius 1 is 0.818 bits per heavy atom. The Labute approximate surface area is 185 Å². The summed E-state index contributed by atoms with van der Waals surface area (Å²) in [6.45, 7) is 1.87. The molecule has 0 fully saturated rings. The molecule has 7 nitrogen and oxygen atoms in total. The molecule has 0 saturated carbocycles. The van der Waals surface area contributed by atoms with Gasteiger partial charge in [-0.25, -0.2) is 13.8 Å². The number of hydrogen-bond acceptors (Lipinski definition) is 5. The molecule has 6 rings (SSSR count). The molecule has 0 amide bonds. The molecule has 0 spiro atoms. The maximum Gasteiger partial charge on any atom is 0.161 e. The van der Waals surface area contributed by atoms with Crippen LogP contribution >= 0.6 is 0 Å². The SMILES string of the molecule is Cc1ccncc1-c1ncc2[nH]nc(-c3nc4c(-c5ccccc5F)nccc4[nH]3)c2c1F. The van der Waals surface area contributed by atoms with Crippen LogP contribution in [0.5, 0.6) is 0 Å². The van der Waals surface area contributed by atoms with E-state index in [1.807, 2.05) is 6.92 Å².